The van der Waals surface area contributed by atoms with Crippen LogP contribution in [0.1, 0.15) is 5.56 Å². The van der Waals surface area contributed by atoms with E-state index in [1.165, 1.54) is 4.90 Å². The average molecular weight is 382 g/mol. The molecule has 120 valence electrons. The van der Waals surface area contributed by atoms with Gasteiger partial charge in [0.1, 0.15) is 17.5 Å². The number of hydrogen-bond acceptors (Lipinski definition) is 3. The third-order valence-corrected chi connectivity index (χ3v) is 4.19. The molecular weight excluding hydrogens is 368 g/mol. The zero-order valence-electron chi connectivity index (χ0n) is 12.2. The number of carbonyl (C=O) groups excluding carboxylic acids is 1. The zero-order valence-corrected chi connectivity index (χ0v) is 13.8. The van der Waals surface area contributed by atoms with E-state index < -0.39 is 11.6 Å². The molecule has 0 radical (unpaired) electrons. The second-order valence-electron chi connectivity index (χ2n) is 5.31. The summed E-state index contributed by atoms with van der Waals surface area (Å²) >= 11 is 3.32. The smallest absolute Gasteiger partial charge is 0.242 e. The van der Waals surface area contributed by atoms with Crippen LogP contribution in [-0.4, -0.2) is 35.4 Å². The summed E-state index contributed by atoms with van der Waals surface area (Å²) in [6.07, 6.45) is 1.67. The molecule has 1 aromatic carbocycles. The maximum atomic E-state index is 13.7. The van der Waals surface area contributed by atoms with Gasteiger partial charge in [-0.25, -0.2) is 13.8 Å². The van der Waals surface area contributed by atoms with Crippen LogP contribution < -0.4 is 4.90 Å². The molecule has 23 heavy (non-hydrogen) atoms. The number of amides is 1. The molecule has 0 N–H and O–H groups in total. The minimum Gasteiger partial charge on any atom is -0.346 e. The number of nitrogens with zero attached hydrogens (tertiary/aromatic N) is 3. The van der Waals surface area contributed by atoms with E-state index >= 15 is 0 Å². The number of hydrogen-bond donors (Lipinski definition) is 0. The number of rotatable bonds is 3. The highest BCUT2D eigenvalue weighted by molar-refractivity contribution is 9.10. The van der Waals surface area contributed by atoms with Crippen LogP contribution in [-0.2, 0) is 11.3 Å². The molecule has 2 aromatic rings. The van der Waals surface area contributed by atoms with E-state index in [1.807, 2.05) is 17.0 Å². The number of pyridine rings is 1. The molecule has 4 nitrogen and oxygen atoms in total. The van der Waals surface area contributed by atoms with E-state index in [4.69, 9.17) is 0 Å². The minimum atomic E-state index is -0.508. The molecule has 1 aromatic heterocycles. The molecule has 1 fully saturated rings. The van der Waals surface area contributed by atoms with Gasteiger partial charge >= 0.3 is 0 Å². The first-order valence-electron chi connectivity index (χ1n) is 7.11. The fourth-order valence-corrected chi connectivity index (χ4v) is 2.73. The zero-order chi connectivity index (χ0) is 16.4. The molecule has 0 atom stereocenters. The van der Waals surface area contributed by atoms with Crippen molar-refractivity contribution in [1.82, 2.24) is 9.88 Å². The van der Waals surface area contributed by atoms with Crippen LogP contribution >= 0.6 is 15.9 Å². The Balaban J connectivity index is 1.68. The van der Waals surface area contributed by atoms with Gasteiger partial charge in [-0.3, -0.25) is 4.79 Å². The van der Waals surface area contributed by atoms with Gasteiger partial charge in [0.2, 0.25) is 5.91 Å². The van der Waals surface area contributed by atoms with Gasteiger partial charge < -0.3 is 9.80 Å². The Labute approximate surface area is 140 Å². The van der Waals surface area contributed by atoms with E-state index in [1.54, 1.807) is 6.20 Å². The maximum Gasteiger partial charge on any atom is 0.242 e. The van der Waals surface area contributed by atoms with Crippen molar-refractivity contribution in [3.8, 4) is 0 Å². The highest BCUT2D eigenvalue weighted by atomic mass is 79.9. The second-order valence-corrected chi connectivity index (χ2v) is 6.22. The van der Waals surface area contributed by atoms with E-state index in [-0.39, 0.29) is 24.6 Å². The Morgan fingerprint density at radius 1 is 1.17 bits per heavy atom. The quantitative estimate of drug-likeness (QED) is 0.819. The number of benzene rings is 1. The molecule has 0 saturated carbocycles. The number of carbonyl (C=O) groups is 1. The molecule has 1 saturated heterocycles. The molecule has 0 aliphatic carbocycles. The average Bonchev–Trinajstić information content (AvgIpc) is 2.53. The predicted octanol–water partition coefficient (Wildman–Crippen LogP) is 2.97. The molecule has 0 unspecified atom stereocenters. The van der Waals surface area contributed by atoms with Crippen LogP contribution in [0.15, 0.2) is 41.0 Å². The third-order valence-electron chi connectivity index (χ3n) is 3.72. The van der Waals surface area contributed by atoms with Crippen LogP contribution in [0, 0.1) is 11.6 Å². The summed E-state index contributed by atoms with van der Waals surface area (Å²) in [4.78, 5) is 19.9. The Morgan fingerprint density at radius 2 is 2.00 bits per heavy atom. The van der Waals surface area contributed by atoms with Crippen LogP contribution in [0.5, 0.6) is 0 Å². The lowest BCUT2D eigenvalue weighted by Crippen LogP contribution is -2.50. The molecule has 3 rings (SSSR count). The lowest BCUT2D eigenvalue weighted by atomic mass is 10.1. The van der Waals surface area contributed by atoms with Gasteiger partial charge in [0, 0.05) is 35.9 Å². The van der Waals surface area contributed by atoms with Crippen LogP contribution in [0.2, 0.25) is 0 Å². The van der Waals surface area contributed by atoms with Gasteiger partial charge in [0.15, 0.2) is 0 Å². The topological polar surface area (TPSA) is 36.4 Å². The van der Waals surface area contributed by atoms with Crippen molar-refractivity contribution in [2.24, 2.45) is 0 Å². The van der Waals surface area contributed by atoms with Crippen LogP contribution in [0.3, 0.4) is 0 Å². The van der Waals surface area contributed by atoms with Gasteiger partial charge in [-0.15, -0.1) is 0 Å². The maximum absolute atomic E-state index is 13.7. The molecular formula is C16H14BrF2N3O. The van der Waals surface area contributed by atoms with Gasteiger partial charge in [-0.05, 0) is 46.3 Å². The van der Waals surface area contributed by atoms with Crippen LogP contribution in [0.4, 0.5) is 14.6 Å². The molecule has 2 heterocycles. The lowest BCUT2D eigenvalue weighted by molar-refractivity contribution is -0.131. The van der Waals surface area contributed by atoms with Gasteiger partial charge in [0.05, 0.1) is 6.54 Å². The Kier molecular flexibility index (Phi) is 4.56. The largest absolute Gasteiger partial charge is 0.346 e. The fourth-order valence-electron chi connectivity index (χ4n) is 2.50. The summed E-state index contributed by atoms with van der Waals surface area (Å²) < 4.78 is 27.8. The monoisotopic (exact) mass is 381 g/mol. The van der Waals surface area contributed by atoms with E-state index in [9.17, 15) is 13.6 Å². The van der Waals surface area contributed by atoms with E-state index in [2.05, 4.69) is 20.9 Å². The van der Waals surface area contributed by atoms with E-state index in [0.717, 1.165) is 28.5 Å². The molecule has 0 bridgehead atoms. The van der Waals surface area contributed by atoms with Crippen molar-refractivity contribution in [2.45, 2.75) is 6.54 Å². The summed E-state index contributed by atoms with van der Waals surface area (Å²) in [5, 5.41) is 0. The second kappa shape index (κ2) is 6.62. The Hall–Kier alpha value is -2.02. The Bertz CT molecular complexity index is 724. The predicted molar refractivity (Wildman–Crippen MR) is 85.9 cm³/mol. The summed E-state index contributed by atoms with van der Waals surface area (Å²) in [5.74, 6) is -0.425. The summed E-state index contributed by atoms with van der Waals surface area (Å²) in [7, 11) is 0. The summed E-state index contributed by atoms with van der Waals surface area (Å²) in [5.41, 5.74) is 0.188. The molecule has 1 aliphatic rings. The van der Waals surface area contributed by atoms with Gasteiger partial charge in [-0.1, -0.05) is 0 Å². The van der Waals surface area contributed by atoms with E-state index in [0.29, 0.717) is 13.1 Å². The minimum absolute atomic E-state index is 0.0734. The normalized spacial score (nSPS) is 15.2. The van der Waals surface area contributed by atoms with Crippen LogP contribution in [0.25, 0.3) is 0 Å². The highest BCUT2D eigenvalue weighted by Crippen LogP contribution is 2.19. The van der Waals surface area contributed by atoms with Gasteiger partial charge in [-0.2, -0.15) is 0 Å². The summed E-state index contributed by atoms with van der Waals surface area (Å²) in [6.45, 7) is 1.28. The molecule has 1 amide bonds. The molecule has 1 aliphatic heterocycles. The van der Waals surface area contributed by atoms with Crippen molar-refractivity contribution in [2.75, 3.05) is 24.5 Å². The lowest BCUT2D eigenvalue weighted by Gasteiger charge is -2.35. The van der Waals surface area contributed by atoms with Crippen molar-refractivity contribution in [1.29, 1.82) is 0 Å². The van der Waals surface area contributed by atoms with Crippen molar-refractivity contribution >= 4 is 27.7 Å². The first-order chi connectivity index (χ1) is 11.0. The number of aromatic nitrogens is 1. The Morgan fingerprint density at radius 3 is 2.70 bits per heavy atom. The van der Waals surface area contributed by atoms with Crippen molar-refractivity contribution in [3.05, 3.63) is 58.2 Å². The third kappa shape index (κ3) is 3.67. The first-order valence-corrected chi connectivity index (χ1v) is 7.90. The highest BCUT2D eigenvalue weighted by Gasteiger charge is 2.25. The molecule has 0 spiro atoms. The number of anilines is 1. The fraction of sp³-hybridized carbons (Fsp3) is 0.250. The van der Waals surface area contributed by atoms with Gasteiger partial charge in [0.25, 0.3) is 0 Å². The summed E-state index contributed by atoms with van der Waals surface area (Å²) in [6, 6.07) is 6.97. The standard InChI is InChI=1S/C16H14BrF2N3O/c17-12-1-4-15(20-8-12)21-5-6-22(16(23)10-21)9-11-7-13(18)2-3-14(11)19/h1-4,7-8H,5-6,9-10H2. The SMILES string of the molecule is O=C1CN(c2ccc(Br)cn2)CCN1Cc1cc(F)ccc1F. The number of piperazine rings is 1. The first kappa shape index (κ1) is 15.9. The number of halogens is 3. The molecule has 7 heteroatoms. The van der Waals surface area contributed by atoms with Crippen molar-refractivity contribution < 1.29 is 13.6 Å². The van der Waals surface area contributed by atoms with Crippen molar-refractivity contribution in [3.63, 3.8) is 0 Å².